The van der Waals surface area contributed by atoms with E-state index in [1.807, 2.05) is 0 Å². The van der Waals surface area contributed by atoms with E-state index >= 15 is 0 Å². The zero-order valence-corrected chi connectivity index (χ0v) is 15.4. The van der Waals surface area contributed by atoms with Crippen LogP contribution in [-0.4, -0.2) is 57.2 Å². The number of hydrogen-bond donors (Lipinski definition) is 1. The summed E-state index contributed by atoms with van der Waals surface area (Å²) in [5, 5.41) is 2.59. The fourth-order valence-corrected chi connectivity index (χ4v) is 4.51. The lowest BCUT2D eigenvalue weighted by Gasteiger charge is -2.26. The third-order valence-corrected chi connectivity index (χ3v) is 6.66. The molecule has 1 aromatic carbocycles. The Hall–Kier alpha value is -1.65. The Kier molecular flexibility index (Phi) is 5.78. The molecule has 2 unspecified atom stereocenters. The number of ether oxygens (including phenoxy) is 1. The van der Waals surface area contributed by atoms with Gasteiger partial charge in [-0.1, -0.05) is 18.2 Å². The molecule has 0 aromatic heterocycles. The SMILES string of the molecule is O=C(NCCS(=O)(=O)N1CCOCC1)C1CC1c1cccc(C(F)(F)F)c1. The zero-order chi connectivity index (χ0) is 19.7. The minimum absolute atomic E-state index is 0.0235. The molecule has 1 amide bonds. The molecule has 0 radical (unpaired) electrons. The molecule has 1 saturated carbocycles. The maximum atomic E-state index is 12.8. The number of nitrogens with zero attached hydrogens (tertiary/aromatic N) is 1. The Morgan fingerprint density at radius 2 is 1.96 bits per heavy atom. The number of carbonyl (C=O) groups excluding carboxylic acids is 1. The van der Waals surface area contributed by atoms with Crippen molar-refractivity contribution in [2.75, 3.05) is 38.6 Å². The van der Waals surface area contributed by atoms with Crippen LogP contribution in [0.4, 0.5) is 13.2 Å². The van der Waals surface area contributed by atoms with Gasteiger partial charge in [-0.25, -0.2) is 8.42 Å². The van der Waals surface area contributed by atoms with Crippen LogP contribution >= 0.6 is 0 Å². The van der Waals surface area contributed by atoms with Gasteiger partial charge in [-0.3, -0.25) is 4.79 Å². The molecule has 3 rings (SSSR count). The van der Waals surface area contributed by atoms with Gasteiger partial charge in [0, 0.05) is 25.6 Å². The van der Waals surface area contributed by atoms with Crippen LogP contribution in [0.3, 0.4) is 0 Å². The van der Waals surface area contributed by atoms with E-state index in [4.69, 9.17) is 4.74 Å². The molecule has 27 heavy (non-hydrogen) atoms. The van der Waals surface area contributed by atoms with Crippen molar-refractivity contribution in [2.45, 2.75) is 18.5 Å². The van der Waals surface area contributed by atoms with Crippen LogP contribution in [0.25, 0.3) is 0 Å². The second-order valence-electron chi connectivity index (χ2n) is 6.69. The number of rotatable bonds is 6. The van der Waals surface area contributed by atoms with Crippen LogP contribution in [0.1, 0.15) is 23.5 Å². The summed E-state index contributed by atoms with van der Waals surface area (Å²) in [6, 6.07) is 4.98. The summed E-state index contributed by atoms with van der Waals surface area (Å²) in [6.07, 6.45) is -3.96. The summed E-state index contributed by atoms with van der Waals surface area (Å²) in [6.45, 7) is 1.29. The molecule has 1 aliphatic carbocycles. The van der Waals surface area contributed by atoms with E-state index in [1.165, 1.54) is 10.4 Å². The molecule has 1 heterocycles. The molecular formula is C17H21F3N2O4S. The van der Waals surface area contributed by atoms with Gasteiger partial charge < -0.3 is 10.1 Å². The van der Waals surface area contributed by atoms with Crippen molar-refractivity contribution in [1.82, 2.24) is 9.62 Å². The molecule has 10 heteroatoms. The molecule has 0 bridgehead atoms. The lowest BCUT2D eigenvalue weighted by molar-refractivity contribution is -0.137. The number of nitrogens with one attached hydrogen (secondary N) is 1. The standard InChI is InChI=1S/C17H21F3N2O4S/c18-17(19,20)13-3-1-2-12(10-13)14-11-15(14)16(23)21-4-9-27(24,25)22-5-7-26-8-6-22/h1-3,10,14-15H,4-9,11H2,(H,21,23). The van der Waals surface area contributed by atoms with E-state index in [-0.39, 0.29) is 24.1 Å². The smallest absolute Gasteiger partial charge is 0.379 e. The molecule has 6 nitrogen and oxygen atoms in total. The Labute approximate surface area is 155 Å². The summed E-state index contributed by atoms with van der Waals surface area (Å²) in [7, 11) is -3.46. The van der Waals surface area contributed by atoms with Gasteiger partial charge in [0.15, 0.2) is 0 Å². The van der Waals surface area contributed by atoms with E-state index in [2.05, 4.69) is 5.32 Å². The monoisotopic (exact) mass is 406 g/mol. The summed E-state index contributed by atoms with van der Waals surface area (Å²) in [5.74, 6) is -1.21. The second-order valence-corrected chi connectivity index (χ2v) is 8.78. The Morgan fingerprint density at radius 1 is 1.26 bits per heavy atom. The lowest BCUT2D eigenvalue weighted by atomic mass is 10.1. The maximum absolute atomic E-state index is 12.8. The summed E-state index contributed by atoms with van der Waals surface area (Å²) in [4.78, 5) is 12.2. The van der Waals surface area contributed by atoms with E-state index in [1.54, 1.807) is 6.07 Å². The normalized spacial score (nSPS) is 23.8. The predicted octanol–water partition coefficient (Wildman–Crippen LogP) is 1.59. The molecule has 1 aliphatic heterocycles. The highest BCUT2D eigenvalue weighted by Crippen LogP contribution is 2.48. The van der Waals surface area contributed by atoms with Gasteiger partial charge >= 0.3 is 6.18 Å². The van der Waals surface area contributed by atoms with Crippen LogP contribution in [0.2, 0.25) is 0 Å². The number of halogens is 3. The molecule has 2 atom stereocenters. The van der Waals surface area contributed by atoms with Crippen molar-refractivity contribution in [1.29, 1.82) is 0 Å². The highest BCUT2D eigenvalue weighted by atomic mass is 32.2. The summed E-state index contributed by atoms with van der Waals surface area (Å²) in [5.41, 5.74) is -0.256. The molecule has 2 fully saturated rings. The first-order valence-electron chi connectivity index (χ1n) is 8.69. The van der Waals surface area contributed by atoms with Gasteiger partial charge in [0.1, 0.15) is 0 Å². The number of benzene rings is 1. The van der Waals surface area contributed by atoms with E-state index in [0.717, 1.165) is 12.1 Å². The largest absolute Gasteiger partial charge is 0.416 e. The van der Waals surface area contributed by atoms with Gasteiger partial charge in [0.2, 0.25) is 15.9 Å². The van der Waals surface area contributed by atoms with E-state index in [9.17, 15) is 26.4 Å². The number of amides is 1. The first-order chi connectivity index (χ1) is 12.7. The van der Waals surface area contributed by atoms with Gasteiger partial charge in [-0.15, -0.1) is 0 Å². The third kappa shape index (κ3) is 4.99. The first-order valence-corrected chi connectivity index (χ1v) is 10.3. The number of sulfonamides is 1. The van der Waals surface area contributed by atoms with Gasteiger partial charge in [0.05, 0.1) is 24.5 Å². The van der Waals surface area contributed by atoms with Crippen molar-refractivity contribution in [3.63, 3.8) is 0 Å². The minimum Gasteiger partial charge on any atom is -0.379 e. The molecular weight excluding hydrogens is 385 g/mol. The van der Waals surface area contributed by atoms with Crippen LogP contribution in [-0.2, 0) is 25.7 Å². The van der Waals surface area contributed by atoms with Crippen molar-refractivity contribution in [3.8, 4) is 0 Å². The van der Waals surface area contributed by atoms with Gasteiger partial charge in [-0.05, 0) is 24.0 Å². The maximum Gasteiger partial charge on any atom is 0.416 e. The van der Waals surface area contributed by atoms with Crippen molar-refractivity contribution < 1.29 is 31.1 Å². The van der Waals surface area contributed by atoms with Crippen molar-refractivity contribution in [2.24, 2.45) is 5.92 Å². The topological polar surface area (TPSA) is 75.7 Å². The molecule has 150 valence electrons. The highest BCUT2D eigenvalue weighted by Gasteiger charge is 2.44. The average molecular weight is 406 g/mol. The van der Waals surface area contributed by atoms with Crippen molar-refractivity contribution in [3.05, 3.63) is 35.4 Å². The van der Waals surface area contributed by atoms with Crippen LogP contribution in [0, 0.1) is 5.92 Å². The van der Waals surface area contributed by atoms with Gasteiger partial charge in [0.25, 0.3) is 0 Å². The van der Waals surface area contributed by atoms with Crippen LogP contribution in [0.5, 0.6) is 0 Å². The van der Waals surface area contributed by atoms with E-state index in [0.29, 0.717) is 38.3 Å². The third-order valence-electron chi connectivity index (χ3n) is 4.79. The predicted molar refractivity (Wildman–Crippen MR) is 91.5 cm³/mol. The molecule has 1 N–H and O–H groups in total. The minimum atomic E-state index is -4.42. The summed E-state index contributed by atoms with van der Waals surface area (Å²) >= 11 is 0. The quantitative estimate of drug-likeness (QED) is 0.779. The first kappa shape index (κ1) is 20.1. The Morgan fingerprint density at radius 3 is 2.63 bits per heavy atom. The number of alkyl halides is 3. The highest BCUT2D eigenvalue weighted by molar-refractivity contribution is 7.89. The van der Waals surface area contributed by atoms with Crippen LogP contribution < -0.4 is 5.32 Å². The molecule has 0 spiro atoms. The Bertz CT molecular complexity index is 792. The molecule has 1 saturated heterocycles. The zero-order valence-electron chi connectivity index (χ0n) is 14.5. The second kappa shape index (κ2) is 7.76. The lowest BCUT2D eigenvalue weighted by Crippen LogP contribution is -2.44. The fourth-order valence-electron chi connectivity index (χ4n) is 3.19. The van der Waals surface area contributed by atoms with Crippen molar-refractivity contribution >= 4 is 15.9 Å². The Balaban J connectivity index is 1.49. The van der Waals surface area contributed by atoms with Gasteiger partial charge in [-0.2, -0.15) is 17.5 Å². The fraction of sp³-hybridized carbons (Fsp3) is 0.588. The van der Waals surface area contributed by atoms with E-state index < -0.39 is 27.7 Å². The number of morpholine rings is 1. The van der Waals surface area contributed by atoms with Crippen LogP contribution in [0.15, 0.2) is 24.3 Å². The summed E-state index contributed by atoms with van der Waals surface area (Å²) < 4.78 is 69.2. The number of carbonyl (C=O) groups is 1. The molecule has 2 aliphatic rings. The average Bonchev–Trinajstić information content (AvgIpc) is 3.43. The number of hydrogen-bond acceptors (Lipinski definition) is 4. The molecule has 1 aromatic rings.